The molecule has 0 atom stereocenters. The van der Waals surface area contributed by atoms with Crippen molar-refractivity contribution in [3.05, 3.63) is 28.8 Å². The second kappa shape index (κ2) is 5.75. The maximum Gasteiger partial charge on any atom is 0.125 e. The van der Waals surface area contributed by atoms with Crippen LogP contribution in [0.15, 0.2) is 12.1 Å². The molecule has 0 radical (unpaired) electrons. The van der Waals surface area contributed by atoms with Crippen LogP contribution in [-0.2, 0) is 11.8 Å². The summed E-state index contributed by atoms with van der Waals surface area (Å²) in [5.41, 5.74) is 3.43. The van der Waals surface area contributed by atoms with Gasteiger partial charge < -0.3 is 9.84 Å². The van der Waals surface area contributed by atoms with Crippen molar-refractivity contribution in [3.63, 3.8) is 0 Å². The standard InChI is InChI=1S/C16H26O2/c1-7-12-8-13(16(4,5)10-17)9-14(11(2)3)15(12)18-6/h8-9,11,17H,7,10H2,1-6H3. The Bertz CT molecular complexity index is 406. The molecule has 0 unspecified atom stereocenters. The highest BCUT2D eigenvalue weighted by Gasteiger charge is 2.23. The van der Waals surface area contributed by atoms with Gasteiger partial charge in [-0.05, 0) is 29.0 Å². The molecule has 0 aliphatic carbocycles. The van der Waals surface area contributed by atoms with E-state index in [2.05, 4.69) is 46.8 Å². The van der Waals surface area contributed by atoms with Crippen LogP contribution in [0.3, 0.4) is 0 Å². The van der Waals surface area contributed by atoms with E-state index in [1.54, 1.807) is 7.11 Å². The van der Waals surface area contributed by atoms with Gasteiger partial charge in [0.15, 0.2) is 0 Å². The van der Waals surface area contributed by atoms with E-state index in [9.17, 15) is 5.11 Å². The Labute approximate surface area is 111 Å². The molecule has 0 bridgehead atoms. The van der Waals surface area contributed by atoms with Crippen molar-refractivity contribution in [2.45, 2.75) is 52.4 Å². The van der Waals surface area contributed by atoms with Crippen LogP contribution in [0.2, 0.25) is 0 Å². The normalized spacial score (nSPS) is 12.0. The molecule has 102 valence electrons. The molecule has 0 saturated carbocycles. The minimum Gasteiger partial charge on any atom is -0.496 e. The van der Waals surface area contributed by atoms with Gasteiger partial charge in [-0.25, -0.2) is 0 Å². The van der Waals surface area contributed by atoms with Crippen molar-refractivity contribution in [2.24, 2.45) is 0 Å². The second-order valence-electron chi connectivity index (χ2n) is 5.81. The van der Waals surface area contributed by atoms with Gasteiger partial charge in [-0.3, -0.25) is 0 Å². The monoisotopic (exact) mass is 250 g/mol. The molecule has 0 aromatic heterocycles. The van der Waals surface area contributed by atoms with Gasteiger partial charge in [0.2, 0.25) is 0 Å². The number of ether oxygens (including phenoxy) is 1. The number of methoxy groups -OCH3 is 1. The average Bonchev–Trinajstić information content (AvgIpc) is 2.36. The fourth-order valence-corrected chi connectivity index (χ4v) is 2.14. The van der Waals surface area contributed by atoms with Crippen LogP contribution in [0.4, 0.5) is 0 Å². The summed E-state index contributed by atoms with van der Waals surface area (Å²) >= 11 is 0. The Balaban J connectivity index is 3.46. The molecule has 1 aromatic rings. The molecule has 0 spiro atoms. The summed E-state index contributed by atoms with van der Waals surface area (Å²) in [5, 5.41) is 9.54. The van der Waals surface area contributed by atoms with E-state index in [1.807, 2.05) is 0 Å². The SMILES string of the molecule is CCc1cc(C(C)(C)CO)cc(C(C)C)c1OC. The average molecular weight is 250 g/mol. The van der Waals surface area contributed by atoms with Crippen molar-refractivity contribution in [3.8, 4) is 5.75 Å². The third kappa shape index (κ3) is 2.86. The van der Waals surface area contributed by atoms with E-state index in [-0.39, 0.29) is 12.0 Å². The summed E-state index contributed by atoms with van der Waals surface area (Å²) in [7, 11) is 1.73. The molecule has 2 nitrogen and oxygen atoms in total. The zero-order chi connectivity index (χ0) is 13.9. The predicted molar refractivity (Wildman–Crippen MR) is 76.6 cm³/mol. The number of rotatable bonds is 5. The molecular weight excluding hydrogens is 224 g/mol. The number of aliphatic hydroxyl groups excluding tert-OH is 1. The highest BCUT2D eigenvalue weighted by Crippen LogP contribution is 2.35. The van der Waals surface area contributed by atoms with E-state index in [1.165, 1.54) is 16.7 Å². The zero-order valence-corrected chi connectivity index (χ0v) is 12.5. The number of benzene rings is 1. The lowest BCUT2D eigenvalue weighted by atomic mass is 9.82. The topological polar surface area (TPSA) is 29.5 Å². The summed E-state index contributed by atoms with van der Waals surface area (Å²) < 4.78 is 5.57. The summed E-state index contributed by atoms with van der Waals surface area (Å²) in [4.78, 5) is 0. The smallest absolute Gasteiger partial charge is 0.125 e. The Kier molecular flexibility index (Phi) is 4.80. The van der Waals surface area contributed by atoms with E-state index in [0.29, 0.717) is 5.92 Å². The molecule has 1 N–H and O–H groups in total. The second-order valence-corrected chi connectivity index (χ2v) is 5.81. The van der Waals surface area contributed by atoms with E-state index < -0.39 is 0 Å². The lowest BCUT2D eigenvalue weighted by Crippen LogP contribution is -2.22. The van der Waals surface area contributed by atoms with E-state index in [0.717, 1.165) is 12.2 Å². The van der Waals surface area contributed by atoms with Crippen molar-refractivity contribution in [1.82, 2.24) is 0 Å². The Hall–Kier alpha value is -1.02. The Morgan fingerprint density at radius 2 is 1.89 bits per heavy atom. The summed E-state index contributed by atoms with van der Waals surface area (Å²) in [5.74, 6) is 1.42. The van der Waals surface area contributed by atoms with Crippen LogP contribution in [0, 0.1) is 0 Å². The molecule has 18 heavy (non-hydrogen) atoms. The van der Waals surface area contributed by atoms with Gasteiger partial charge in [-0.2, -0.15) is 0 Å². The molecule has 1 rings (SSSR count). The molecule has 0 saturated heterocycles. The molecule has 0 amide bonds. The van der Waals surface area contributed by atoms with E-state index >= 15 is 0 Å². The molecule has 0 heterocycles. The fourth-order valence-electron chi connectivity index (χ4n) is 2.14. The van der Waals surface area contributed by atoms with Gasteiger partial charge >= 0.3 is 0 Å². The van der Waals surface area contributed by atoms with Gasteiger partial charge in [-0.1, -0.05) is 46.8 Å². The molecule has 0 aliphatic rings. The number of aryl methyl sites for hydroxylation is 1. The fraction of sp³-hybridized carbons (Fsp3) is 0.625. The first-order valence-electron chi connectivity index (χ1n) is 6.69. The third-order valence-electron chi connectivity index (χ3n) is 3.58. The van der Waals surface area contributed by atoms with Gasteiger partial charge in [0, 0.05) is 5.41 Å². The molecular formula is C16H26O2. The van der Waals surface area contributed by atoms with Crippen molar-refractivity contribution < 1.29 is 9.84 Å². The van der Waals surface area contributed by atoms with Crippen LogP contribution < -0.4 is 4.74 Å². The highest BCUT2D eigenvalue weighted by molar-refractivity contribution is 5.48. The highest BCUT2D eigenvalue weighted by atomic mass is 16.5. The van der Waals surface area contributed by atoms with Gasteiger partial charge in [0.1, 0.15) is 5.75 Å². The molecule has 0 aliphatic heterocycles. The van der Waals surface area contributed by atoms with Gasteiger partial charge in [0.05, 0.1) is 13.7 Å². The largest absolute Gasteiger partial charge is 0.496 e. The summed E-state index contributed by atoms with van der Waals surface area (Å²) in [6.45, 7) is 10.8. The predicted octanol–water partition coefficient (Wildman–Crippen LogP) is 3.65. The first kappa shape index (κ1) is 15.0. The van der Waals surface area contributed by atoms with Crippen molar-refractivity contribution in [2.75, 3.05) is 13.7 Å². The first-order valence-corrected chi connectivity index (χ1v) is 6.69. The van der Waals surface area contributed by atoms with Crippen LogP contribution in [0.1, 0.15) is 57.2 Å². The Morgan fingerprint density at radius 3 is 2.28 bits per heavy atom. The lowest BCUT2D eigenvalue weighted by Gasteiger charge is -2.26. The Morgan fingerprint density at radius 1 is 1.28 bits per heavy atom. The zero-order valence-electron chi connectivity index (χ0n) is 12.5. The van der Waals surface area contributed by atoms with Crippen LogP contribution in [0.5, 0.6) is 5.75 Å². The molecule has 2 heteroatoms. The van der Waals surface area contributed by atoms with Crippen LogP contribution in [-0.4, -0.2) is 18.8 Å². The third-order valence-corrected chi connectivity index (χ3v) is 3.58. The van der Waals surface area contributed by atoms with E-state index in [4.69, 9.17) is 4.74 Å². The van der Waals surface area contributed by atoms with Crippen molar-refractivity contribution >= 4 is 0 Å². The number of aliphatic hydroxyl groups is 1. The van der Waals surface area contributed by atoms with Crippen LogP contribution >= 0.6 is 0 Å². The van der Waals surface area contributed by atoms with Crippen LogP contribution in [0.25, 0.3) is 0 Å². The van der Waals surface area contributed by atoms with Crippen molar-refractivity contribution in [1.29, 1.82) is 0 Å². The van der Waals surface area contributed by atoms with Gasteiger partial charge in [-0.15, -0.1) is 0 Å². The summed E-state index contributed by atoms with van der Waals surface area (Å²) in [6.07, 6.45) is 0.943. The summed E-state index contributed by atoms with van der Waals surface area (Å²) in [6, 6.07) is 4.35. The number of hydrogen-bond donors (Lipinski definition) is 1. The quantitative estimate of drug-likeness (QED) is 0.864. The number of hydrogen-bond acceptors (Lipinski definition) is 2. The molecule has 0 fully saturated rings. The maximum atomic E-state index is 9.54. The van der Waals surface area contributed by atoms with Gasteiger partial charge in [0.25, 0.3) is 0 Å². The first-order chi connectivity index (χ1) is 8.37. The minimum absolute atomic E-state index is 0.153. The maximum absolute atomic E-state index is 9.54. The lowest BCUT2D eigenvalue weighted by molar-refractivity contribution is 0.218. The minimum atomic E-state index is -0.209. The molecule has 1 aromatic carbocycles.